The number of hydrogen-bond acceptors (Lipinski definition) is 1. The van der Waals surface area contributed by atoms with E-state index in [1.807, 2.05) is 6.07 Å². The van der Waals surface area contributed by atoms with Crippen molar-refractivity contribution in [1.29, 1.82) is 0 Å². The molecular formula is C15H21FOSi. The van der Waals surface area contributed by atoms with E-state index in [4.69, 9.17) is 4.43 Å². The largest absolute Gasteiger partial charge is 0.408 e. The van der Waals surface area contributed by atoms with Crippen molar-refractivity contribution in [3.63, 3.8) is 0 Å². The molecule has 0 saturated heterocycles. The van der Waals surface area contributed by atoms with Gasteiger partial charge < -0.3 is 4.43 Å². The molecule has 0 amide bonds. The highest BCUT2D eigenvalue weighted by Gasteiger charge is 2.44. The summed E-state index contributed by atoms with van der Waals surface area (Å²) in [5.41, 5.74) is 1.57. The van der Waals surface area contributed by atoms with Crippen molar-refractivity contribution in [1.82, 2.24) is 0 Å². The molecule has 1 fully saturated rings. The zero-order valence-corrected chi connectivity index (χ0v) is 12.4. The first-order chi connectivity index (χ1) is 8.32. The highest BCUT2D eigenvalue weighted by atomic mass is 28.4. The van der Waals surface area contributed by atoms with E-state index >= 15 is 0 Å². The van der Waals surface area contributed by atoms with Crippen LogP contribution in [0.25, 0.3) is 5.57 Å². The van der Waals surface area contributed by atoms with E-state index in [1.54, 1.807) is 12.1 Å². The summed E-state index contributed by atoms with van der Waals surface area (Å²) in [6.07, 6.45) is 3.18. The van der Waals surface area contributed by atoms with Crippen LogP contribution in [0, 0.1) is 5.82 Å². The van der Waals surface area contributed by atoms with Crippen molar-refractivity contribution in [2.45, 2.75) is 44.5 Å². The molecule has 0 spiro atoms. The summed E-state index contributed by atoms with van der Waals surface area (Å²) in [5, 5.41) is 0. The van der Waals surface area contributed by atoms with Gasteiger partial charge in [0, 0.05) is 0 Å². The fourth-order valence-corrected chi connectivity index (χ4v) is 3.99. The molecule has 0 heterocycles. The van der Waals surface area contributed by atoms with Crippen LogP contribution in [0.5, 0.6) is 0 Å². The summed E-state index contributed by atoms with van der Waals surface area (Å²) >= 11 is 0. The molecule has 0 unspecified atom stereocenters. The van der Waals surface area contributed by atoms with Crippen molar-refractivity contribution in [3.05, 3.63) is 42.2 Å². The minimum atomic E-state index is -1.63. The summed E-state index contributed by atoms with van der Waals surface area (Å²) in [4.78, 5) is 0. The lowest BCUT2D eigenvalue weighted by Gasteiger charge is -2.47. The van der Waals surface area contributed by atoms with E-state index in [0.29, 0.717) is 0 Å². The molecule has 3 heteroatoms. The average molecular weight is 264 g/mol. The number of rotatable bonds is 4. The van der Waals surface area contributed by atoms with Gasteiger partial charge in [-0.1, -0.05) is 18.7 Å². The van der Waals surface area contributed by atoms with E-state index in [0.717, 1.165) is 24.0 Å². The molecule has 1 aliphatic rings. The molecular weight excluding hydrogens is 243 g/mol. The molecule has 98 valence electrons. The molecule has 18 heavy (non-hydrogen) atoms. The first-order valence-corrected chi connectivity index (χ1v) is 9.89. The second-order valence-corrected chi connectivity index (χ2v) is 10.5. The Labute approximate surface area is 110 Å². The van der Waals surface area contributed by atoms with Gasteiger partial charge in [-0.3, -0.25) is 0 Å². The van der Waals surface area contributed by atoms with Crippen LogP contribution < -0.4 is 0 Å². The summed E-state index contributed by atoms with van der Waals surface area (Å²) in [6.45, 7) is 10.7. The van der Waals surface area contributed by atoms with E-state index in [1.165, 1.54) is 12.5 Å². The highest BCUT2D eigenvalue weighted by molar-refractivity contribution is 6.69. The minimum absolute atomic E-state index is 0.212. The fourth-order valence-electron chi connectivity index (χ4n) is 2.49. The number of hydrogen-bond donors (Lipinski definition) is 0. The monoisotopic (exact) mass is 264 g/mol. The van der Waals surface area contributed by atoms with Crippen LogP contribution in [0.4, 0.5) is 4.39 Å². The molecule has 0 N–H and O–H groups in total. The van der Waals surface area contributed by atoms with Gasteiger partial charge in [0.25, 0.3) is 0 Å². The quantitative estimate of drug-likeness (QED) is 0.721. The number of benzene rings is 1. The molecule has 0 aromatic heterocycles. The maximum Gasteiger partial charge on any atom is 0.184 e. The van der Waals surface area contributed by atoms with Gasteiger partial charge in [-0.25, -0.2) is 4.39 Å². The zero-order valence-electron chi connectivity index (χ0n) is 11.4. The predicted octanol–water partition coefficient (Wildman–Crippen LogP) is 4.61. The Balaban J connectivity index is 2.26. The topological polar surface area (TPSA) is 9.23 Å². The Morgan fingerprint density at radius 2 is 2.00 bits per heavy atom. The van der Waals surface area contributed by atoms with Gasteiger partial charge in [0.2, 0.25) is 0 Å². The van der Waals surface area contributed by atoms with Gasteiger partial charge in [0.15, 0.2) is 8.32 Å². The molecule has 0 bridgehead atoms. The van der Waals surface area contributed by atoms with Crippen molar-refractivity contribution < 1.29 is 8.82 Å². The zero-order chi connectivity index (χ0) is 13.4. The first-order valence-electron chi connectivity index (χ1n) is 6.48. The molecule has 1 aromatic carbocycles. The van der Waals surface area contributed by atoms with Crippen molar-refractivity contribution >= 4 is 13.9 Å². The lowest BCUT2D eigenvalue weighted by molar-refractivity contribution is 0.0432. The second-order valence-electron chi connectivity index (χ2n) is 6.05. The molecule has 1 saturated carbocycles. The SMILES string of the molecule is C=C(c1cccc(F)c1)C1(O[Si](C)(C)C)CCC1. The fraction of sp³-hybridized carbons (Fsp3) is 0.467. The third-order valence-electron chi connectivity index (χ3n) is 3.39. The Kier molecular flexibility index (Phi) is 3.47. The maximum absolute atomic E-state index is 13.3. The van der Waals surface area contributed by atoms with Crippen molar-refractivity contribution in [2.75, 3.05) is 0 Å². The minimum Gasteiger partial charge on any atom is -0.408 e. The Bertz CT molecular complexity index is 458. The molecule has 1 aliphatic carbocycles. The molecule has 2 rings (SSSR count). The third-order valence-corrected chi connectivity index (χ3v) is 4.39. The van der Waals surface area contributed by atoms with Crippen LogP contribution in [0.15, 0.2) is 30.8 Å². The van der Waals surface area contributed by atoms with E-state index in [2.05, 4.69) is 26.2 Å². The van der Waals surface area contributed by atoms with Crippen molar-refractivity contribution in [2.24, 2.45) is 0 Å². The van der Waals surface area contributed by atoms with Crippen LogP contribution in [0.2, 0.25) is 19.6 Å². The van der Waals surface area contributed by atoms with Gasteiger partial charge in [-0.05, 0) is 62.2 Å². The molecule has 1 aromatic rings. The molecule has 0 radical (unpaired) electrons. The summed E-state index contributed by atoms with van der Waals surface area (Å²) < 4.78 is 19.6. The lowest BCUT2D eigenvalue weighted by Crippen LogP contribution is -2.48. The van der Waals surface area contributed by atoms with E-state index in [-0.39, 0.29) is 11.4 Å². The normalized spacial score (nSPS) is 18.2. The van der Waals surface area contributed by atoms with E-state index in [9.17, 15) is 4.39 Å². The lowest BCUT2D eigenvalue weighted by atomic mass is 9.73. The average Bonchev–Trinajstić information content (AvgIpc) is 2.21. The highest BCUT2D eigenvalue weighted by Crippen LogP contribution is 2.46. The van der Waals surface area contributed by atoms with Gasteiger partial charge >= 0.3 is 0 Å². The van der Waals surface area contributed by atoms with Crippen LogP contribution >= 0.6 is 0 Å². The molecule has 1 nitrogen and oxygen atoms in total. The summed E-state index contributed by atoms with van der Waals surface area (Å²) in [5.74, 6) is -0.212. The number of halogens is 1. The maximum atomic E-state index is 13.3. The first kappa shape index (κ1) is 13.5. The summed E-state index contributed by atoms with van der Waals surface area (Å²) in [6, 6.07) is 6.66. The second kappa shape index (κ2) is 4.63. The molecule has 0 atom stereocenters. The van der Waals surface area contributed by atoms with Gasteiger partial charge in [-0.2, -0.15) is 0 Å². The predicted molar refractivity (Wildman–Crippen MR) is 76.4 cm³/mol. The smallest absolute Gasteiger partial charge is 0.184 e. The van der Waals surface area contributed by atoms with Crippen LogP contribution in [-0.2, 0) is 4.43 Å². The van der Waals surface area contributed by atoms with Crippen LogP contribution in [-0.4, -0.2) is 13.9 Å². The summed E-state index contributed by atoms with van der Waals surface area (Å²) in [7, 11) is -1.63. The Morgan fingerprint density at radius 3 is 2.44 bits per heavy atom. The van der Waals surface area contributed by atoms with E-state index < -0.39 is 8.32 Å². The van der Waals surface area contributed by atoms with Crippen LogP contribution in [0.1, 0.15) is 24.8 Å². The molecule has 0 aliphatic heterocycles. The standard InChI is InChI=1S/C15H21FOSi/c1-12(13-7-5-8-14(16)11-13)15(9-6-10-15)17-18(2,3)4/h5,7-8,11H,1,6,9-10H2,2-4H3. The van der Waals surface area contributed by atoms with Gasteiger partial charge in [0.05, 0.1) is 5.60 Å². The van der Waals surface area contributed by atoms with Gasteiger partial charge in [0.1, 0.15) is 5.82 Å². The third kappa shape index (κ3) is 2.73. The Hall–Kier alpha value is -0.933. The van der Waals surface area contributed by atoms with Crippen LogP contribution in [0.3, 0.4) is 0 Å². The Morgan fingerprint density at radius 1 is 1.33 bits per heavy atom. The van der Waals surface area contributed by atoms with Crippen molar-refractivity contribution in [3.8, 4) is 0 Å². The van der Waals surface area contributed by atoms with Gasteiger partial charge in [-0.15, -0.1) is 0 Å².